The Morgan fingerprint density at radius 1 is 0.562 bits per heavy atom. The van der Waals surface area contributed by atoms with Gasteiger partial charge in [-0.3, -0.25) is 9.13 Å². The van der Waals surface area contributed by atoms with Gasteiger partial charge in [0.25, 0.3) is 0 Å². The van der Waals surface area contributed by atoms with E-state index in [4.69, 9.17) is 4.98 Å². The van der Waals surface area contributed by atoms with Crippen molar-refractivity contribution in [2.75, 3.05) is 0 Å². The topological polar surface area (TPSA) is 35.6 Å². The minimum absolute atomic E-state index is 0.955. The van der Waals surface area contributed by atoms with E-state index < -0.39 is 0 Å². The van der Waals surface area contributed by atoms with E-state index in [1.165, 1.54) is 56.8 Å². The molecule has 0 saturated heterocycles. The maximum Gasteiger partial charge on any atom is 0.137 e. The molecule has 0 atom stereocenters. The molecule has 0 fully saturated rings. The van der Waals surface area contributed by atoms with E-state index in [9.17, 15) is 0 Å². The van der Waals surface area contributed by atoms with Crippen molar-refractivity contribution in [3.8, 4) is 11.6 Å². The number of hydrogen-bond acceptors (Lipinski definition) is 2. The lowest BCUT2D eigenvalue weighted by Gasteiger charge is -2.15. The van der Waals surface area contributed by atoms with Crippen molar-refractivity contribution in [1.29, 1.82) is 0 Å². The van der Waals surface area contributed by atoms with Crippen LogP contribution in [0.5, 0.6) is 0 Å². The van der Waals surface area contributed by atoms with E-state index >= 15 is 0 Å². The summed E-state index contributed by atoms with van der Waals surface area (Å²) in [6.07, 6.45) is 8.45. The number of rotatable bonds is 2. The highest BCUT2D eigenvalue weighted by molar-refractivity contribution is 6.22. The van der Waals surface area contributed by atoms with Crippen LogP contribution < -0.4 is 0 Å². The summed E-state index contributed by atoms with van der Waals surface area (Å²) in [5.74, 6) is 1.96. The summed E-state index contributed by atoms with van der Waals surface area (Å²) in [4.78, 5) is 9.41. The first-order valence-electron chi connectivity index (χ1n) is 11.3. The average Bonchev–Trinajstić information content (AvgIpc) is 3.38. The van der Waals surface area contributed by atoms with Crippen molar-refractivity contribution >= 4 is 32.7 Å². The van der Waals surface area contributed by atoms with Crippen LogP contribution in [0.4, 0.5) is 0 Å². The van der Waals surface area contributed by atoms with Crippen LogP contribution >= 0.6 is 0 Å². The highest BCUT2D eigenvalue weighted by atomic mass is 15.1. The van der Waals surface area contributed by atoms with E-state index in [1.807, 2.05) is 24.5 Å². The normalized spacial score (nSPS) is 13.8. The Labute approximate surface area is 185 Å². The van der Waals surface area contributed by atoms with Crippen LogP contribution in [0.3, 0.4) is 0 Å². The van der Waals surface area contributed by atoms with Crippen LogP contribution in [0, 0.1) is 0 Å². The number of para-hydroxylation sites is 1. The second-order valence-electron chi connectivity index (χ2n) is 8.55. The van der Waals surface area contributed by atoms with Crippen molar-refractivity contribution in [2.24, 2.45) is 0 Å². The zero-order chi connectivity index (χ0) is 21.1. The fourth-order valence-corrected chi connectivity index (χ4v) is 5.57. The van der Waals surface area contributed by atoms with Gasteiger partial charge in [-0.05, 0) is 73.7 Å². The molecule has 154 valence electrons. The molecular formula is C28H22N4. The largest absolute Gasteiger partial charge is 0.298 e. The zero-order valence-corrected chi connectivity index (χ0v) is 17.7. The monoisotopic (exact) mass is 414 g/mol. The number of nitrogens with zero attached hydrogens (tertiary/aromatic N) is 4. The Hall–Kier alpha value is -3.92. The van der Waals surface area contributed by atoms with E-state index in [0.717, 1.165) is 24.5 Å². The Morgan fingerprint density at radius 3 is 1.97 bits per heavy atom. The molecule has 0 unspecified atom stereocenters. The molecule has 0 radical (unpaired) electrons. The number of aryl methyl sites for hydroxylation is 1. The van der Waals surface area contributed by atoms with Crippen molar-refractivity contribution in [1.82, 2.24) is 19.1 Å². The first-order chi connectivity index (χ1) is 15.9. The molecule has 4 heteroatoms. The summed E-state index contributed by atoms with van der Waals surface area (Å²) in [7, 11) is 0. The number of hydrogen-bond donors (Lipinski definition) is 0. The standard InChI is InChI=1S/C28H22N4/c1-3-11-21-19(9-1)27-23(31(21)25-13-5-7-17-29-25)15-16-24-28(27)20-10-2-4-12-22(20)32(24)26-14-6-8-18-30-26/h1,3,5-9,11,13-18H,2,4,10,12H2. The minimum atomic E-state index is 0.955. The minimum Gasteiger partial charge on any atom is -0.298 e. The van der Waals surface area contributed by atoms with E-state index in [-0.39, 0.29) is 0 Å². The van der Waals surface area contributed by atoms with E-state index in [1.54, 1.807) is 0 Å². The Kier molecular flexibility index (Phi) is 3.76. The van der Waals surface area contributed by atoms with Gasteiger partial charge >= 0.3 is 0 Å². The highest BCUT2D eigenvalue weighted by Gasteiger charge is 2.25. The third-order valence-corrected chi connectivity index (χ3v) is 6.82. The quantitative estimate of drug-likeness (QED) is 0.329. The van der Waals surface area contributed by atoms with Gasteiger partial charge < -0.3 is 0 Å². The molecule has 32 heavy (non-hydrogen) atoms. The van der Waals surface area contributed by atoms with Crippen molar-refractivity contribution in [3.05, 3.63) is 96.4 Å². The van der Waals surface area contributed by atoms with Crippen molar-refractivity contribution in [2.45, 2.75) is 25.7 Å². The molecule has 1 aliphatic rings. The number of benzene rings is 2. The predicted molar refractivity (Wildman–Crippen MR) is 130 cm³/mol. The van der Waals surface area contributed by atoms with Crippen LogP contribution in [0.2, 0.25) is 0 Å². The summed E-state index contributed by atoms with van der Waals surface area (Å²) in [5.41, 5.74) is 6.58. The van der Waals surface area contributed by atoms with Gasteiger partial charge in [0.1, 0.15) is 11.6 Å². The van der Waals surface area contributed by atoms with E-state index in [2.05, 4.69) is 74.8 Å². The van der Waals surface area contributed by atoms with Crippen molar-refractivity contribution < 1.29 is 0 Å². The fraction of sp³-hybridized carbons (Fsp3) is 0.143. The maximum absolute atomic E-state index is 4.72. The number of pyridine rings is 2. The third kappa shape index (κ3) is 2.38. The number of aromatic nitrogens is 4. The SMILES string of the molecule is c1ccc(-n2c3c(c4c5c6ccccc6n(-c6ccccn6)c5ccc42)CCCC3)nc1. The smallest absolute Gasteiger partial charge is 0.137 e. The van der Waals surface area contributed by atoms with Gasteiger partial charge in [0, 0.05) is 34.2 Å². The highest BCUT2D eigenvalue weighted by Crippen LogP contribution is 2.42. The third-order valence-electron chi connectivity index (χ3n) is 6.82. The molecule has 0 N–H and O–H groups in total. The van der Waals surface area contributed by atoms with Crippen LogP contribution in [-0.4, -0.2) is 19.1 Å². The van der Waals surface area contributed by atoms with Crippen molar-refractivity contribution in [3.63, 3.8) is 0 Å². The Morgan fingerprint density at radius 2 is 1.22 bits per heavy atom. The molecule has 0 aliphatic heterocycles. The second kappa shape index (κ2) is 6.79. The first-order valence-corrected chi connectivity index (χ1v) is 11.3. The van der Waals surface area contributed by atoms with Gasteiger partial charge in [0.05, 0.1) is 16.6 Å². The van der Waals surface area contributed by atoms with Gasteiger partial charge in [0.15, 0.2) is 0 Å². The summed E-state index contributed by atoms with van der Waals surface area (Å²) < 4.78 is 4.70. The first kappa shape index (κ1) is 17.7. The molecule has 0 bridgehead atoms. The fourth-order valence-electron chi connectivity index (χ4n) is 5.57. The molecule has 0 amide bonds. The Balaban J connectivity index is 1.69. The van der Waals surface area contributed by atoms with Gasteiger partial charge in [-0.15, -0.1) is 0 Å². The Bertz CT molecular complexity index is 1610. The van der Waals surface area contributed by atoms with Gasteiger partial charge in [-0.2, -0.15) is 0 Å². The lowest BCUT2D eigenvalue weighted by molar-refractivity contribution is 0.665. The molecular weight excluding hydrogens is 392 g/mol. The van der Waals surface area contributed by atoms with Crippen LogP contribution in [0.15, 0.2) is 85.2 Å². The molecule has 2 aromatic carbocycles. The molecule has 4 aromatic heterocycles. The second-order valence-corrected chi connectivity index (χ2v) is 8.55. The van der Waals surface area contributed by atoms with Gasteiger partial charge in [-0.1, -0.05) is 30.3 Å². The van der Waals surface area contributed by atoms with Crippen LogP contribution in [0.25, 0.3) is 44.3 Å². The molecule has 6 aromatic rings. The van der Waals surface area contributed by atoms with Gasteiger partial charge in [-0.25, -0.2) is 9.97 Å². The maximum atomic E-state index is 4.72. The van der Waals surface area contributed by atoms with Gasteiger partial charge in [0.2, 0.25) is 0 Å². The number of fused-ring (bicyclic) bond motifs is 7. The predicted octanol–water partition coefficient (Wildman–Crippen LogP) is 6.40. The van der Waals surface area contributed by atoms with E-state index in [0.29, 0.717) is 0 Å². The molecule has 0 spiro atoms. The lowest BCUT2D eigenvalue weighted by Crippen LogP contribution is -2.07. The zero-order valence-electron chi connectivity index (χ0n) is 17.7. The molecule has 4 heterocycles. The summed E-state index contributed by atoms with van der Waals surface area (Å²) in [6.45, 7) is 0. The van der Waals surface area contributed by atoms with Crippen LogP contribution in [0.1, 0.15) is 24.1 Å². The van der Waals surface area contributed by atoms with Crippen LogP contribution in [-0.2, 0) is 12.8 Å². The summed E-state index contributed by atoms with van der Waals surface area (Å²) in [5, 5.41) is 4.00. The molecule has 4 nitrogen and oxygen atoms in total. The molecule has 1 aliphatic carbocycles. The average molecular weight is 415 g/mol. The summed E-state index contributed by atoms with van der Waals surface area (Å²) in [6, 6.07) is 25.6. The molecule has 0 saturated carbocycles. The molecule has 7 rings (SSSR count). The lowest BCUT2D eigenvalue weighted by atomic mass is 9.94. The summed E-state index contributed by atoms with van der Waals surface area (Å²) >= 11 is 0.